The summed E-state index contributed by atoms with van der Waals surface area (Å²) in [5.41, 5.74) is -0.439. The summed E-state index contributed by atoms with van der Waals surface area (Å²) >= 11 is 0. The van der Waals surface area contributed by atoms with Crippen molar-refractivity contribution >= 4 is 6.09 Å². The Kier molecular flexibility index (Phi) is 9.51. The summed E-state index contributed by atoms with van der Waals surface area (Å²) in [6, 6.07) is 0.266. The molecule has 0 heterocycles. The van der Waals surface area contributed by atoms with Crippen molar-refractivity contribution in [2.45, 2.75) is 77.0 Å². The topological polar surface area (TPSA) is 42.0 Å². The van der Waals surface area contributed by atoms with Crippen molar-refractivity contribution in [2.75, 3.05) is 33.8 Å². The summed E-state index contributed by atoms with van der Waals surface area (Å²) in [6.45, 7) is 12.3. The second kappa shape index (κ2) is 10.8. The minimum absolute atomic E-state index is 0.222. The molecule has 0 N–H and O–H groups in total. The summed E-state index contributed by atoms with van der Waals surface area (Å²) in [7, 11) is 3.96. The minimum Gasteiger partial charge on any atom is -0.444 e. The average molecular weight is 355 g/mol. The van der Waals surface area contributed by atoms with Crippen molar-refractivity contribution in [3.63, 3.8) is 0 Å². The summed E-state index contributed by atoms with van der Waals surface area (Å²) in [5.74, 6) is 0. The first-order valence-electron chi connectivity index (χ1n) is 9.59. The Morgan fingerprint density at radius 2 is 1.80 bits per heavy atom. The number of carbonyl (C=O) groups excluding carboxylic acids is 1. The van der Waals surface area contributed by atoms with Gasteiger partial charge in [0.2, 0.25) is 0 Å². The fraction of sp³-hybridized carbons (Fsp3) is 0.850. The molecule has 1 aliphatic rings. The number of unbranched alkanes of at least 4 members (excludes halogenated alkanes) is 1. The molecule has 0 saturated heterocycles. The van der Waals surface area contributed by atoms with Crippen LogP contribution >= 0.6 is 0 Å². The molecule has 0 radical (unpaired) electrons. The predicted octanol–water partition coefficient (Wildman–Crippen LogP) is 4.08. The lowest BCUT2D eigenvalue weighted by molar-refractivity contribution is -0.00596. The van der Waals surface area contributed by atoms with E-state index in [2.05, 4.69) is 18.5 Å². The van der Waals surface area contributed by atoms with Gasteiger partial charge in [-0.25, -0.2) is 4.79 Å². The fourth-order valence-corrected chi connectivity index (χ4v) is 3.13. The van der Waals surface area contributed by atoms with Gasteiger partial charge in [0.25, 0.3) is 0 Å². The maximum Gasteiger partial charge on any atom is 0.410 e. The molecule has 1 aliphatic carbocycles. The van der Waals surface area contributed by atoms with Crippen LogP contribution in [0.3, 0.4) is 0 Å². The Hall–Kier alpha value is -1.07. The molecule has 0 unspecified atom stereocenters. The van der Waals surface area contributed by atoms with Crippen LogP contribution in [-0.4, -0.2) is 67.4 Å². The molecule has 0 aliphatic heterocycles. The van der Waals surface area contributed by atoms with Crippen molar-refractivity contribution < 1.29 is 14.3 Å². The van der Waals surface area contributed by atoms with E-state index in [-0.39, 0.29) is 12.1 Å². The van der Waals surface area contributed by atoms with E-state index in [0.717, 1.165) is 58.2 Å². The van der Waals surface area contributed by atoms with Crippen LogP contribution in [0, 0.1) is 0 Å². The number of amides is 1. The van der Waals surface area contributed by atoms with Crippen molar-refractivity contribution in [3.8, 4) is 0 Å². The van der Waals surface area contributed by atoms with Gasteiger partial charge in [-0.05, 0) is 72.9 Å². The van der Waals surface area contributed by atoms with Gasteiger partial charge in [-0.2, -0.15) is 0 Å². The third-order valence-corrected chi connectivity index (χ3v) is 4.60. The van der Waals surface area contributed by atoms with Crippen molar-refractivity contribution in [3.05, 3.63) is 12.7 Å². The Morgan fingerprint density at radius 3 is 2.36 bits per heavy atom. The molecule has 0 spiro atoms. The SMILES string of the molecule is C=CCN(C)CCCCOC1CCC(N(C)C(=O)OC(C)(C)C)CC1. The van der Waals surface area contributed by atoms with Crippen LogP contribution in [0.2, 0.25) is 0 Å². The number of rotatable bonds is 9. The van der Waals surface area contributed by atoms with Crippen molar-refractivity contribution in [1.82, 2.24) is 9.80 Å². The van der Waals surface area contributed by atoms with Gasteiger partial charge >= 0.3 is 6.09 Å². The van der Waals surface area contributed by atoms with Crippen molar-refractivity contribution in [1.29, 1.82) is 0 Å². The highest BCUT2D eigenvalue weighted by atomic mass is 16.6. The van der Waals surface area contributed by atoms with E-state index in [1.54, 1.807) is 4.90 Å². The highest BCUT2D eigenvalue weighted by molar-refractivity contribution is 5.68. The second-order valence-electron chi connectivity index (χ2n) is 8.15. The zero-order valence-corrected chi connectivity index (χ0v) is 16.9. The van der Waals surface area contributed by atoms with Crippen LogP contribution in [-0.2, 0) is 9.47 Å². The Bertz CT molecular complexity index is 398. The van der Waals surface area contributed by atoms with Crippen LogP contribution in [0.4, 0.5) is 4.79 Å². The Balaban J connectivity index is 2.17. The second-order valence-corrected chi connectivity index (χ2v) is 8.15. The molecule has 1 amide bonds. The first kappa shape index (κ1) is 22.0. The fourth-order valence-electron chi connectivity index (χ4n) is 3.13. The maximum absolute atomic E-state index is 12.1. The summed E-state index contributed by atoms with van der Waals surface area (Å²) in [6.07, 6.45) is 8.33. The normalized spacial score (nSPS) is 21.2. The maximum atomic E-state index is 12.1. The smallest absolute Gasteiger partial charge is 0.410 e. The first-order chi connectivity index (χ1) is 11.7. The van der Waals surface area contributed by atoms with E-state index in [1.807, 2.05) is 33.9 Å². The molecule has 146 valence electrons. The van der Waals surface area contributed by atoms with Gasteiger partial charge in [-0.3, -0.25) is 0 Å². The zero-order valence-electron chi connectivity index (χ0n) is 16.9. The minimum atomic E-state index is -0.439. The molecular weight excluding hydrogens is 316 g/mol. The number of hydrogen-bond acceptors (Lipinski definition) is 4. The van der Waals surface area contributed by atoms with Crippen molar-refractivity contribution in [2.24, 2.45) is 0 Å². The van der Waals surface area contributed by atoms with Crippen LogP contribution in [0.1, 0.15) is 59.3 Å². The van der Waals surface area contributed by atoms with Gasteiger partial charge in [0, 0.05) is 26.2 Å². The van der Waals surface area contributed by atoms with E-state index >= 15 is 0 Å². The number of carbonyl (C=O) groups is 1. The van der Waals surface area contributed by atoms with Gasteiger partial charge in [-0.1, -0.05) is 6.08 Å². The first-order valence-corrected chi connectivity index (χ1v) is 9.59. The molecular formula is C20H38N2O3. The highest BCUT2D eigenvalue weighted by Gasteiger charge is 2.29. The van der Waals surface area contributed by atoms with Gasteiger partial charge < -0.3 is 19.3 Å². The molecule has 5 heteroatoms. The lowest BCUT2D eigenvalue weighted by Crippen LogP contribution is -2.43. The molecule has 1 saturated carbocycles. The quantitative estimate of drug-likeness (QED) is 0.462. The molecule has 25 heavy (non-hydrogen) atoms. The standard InChI is InChI=1S/C20H38N2O3/c1-7-14-21(5)15-8-9-16-24-18-12-10-17(11-13-18)22(6)19(23)25-20(2,3)4/h7,17-18H,1,8-16H2,2-6H3. The summed E-state index contributed by atoms with van der Waals surface area (Å²) in [5, 5.41) is 0. The number of likely N-dealkylation sites (N-methyl/N-ethyl adjacent to an activating group) is 1. The average Bonchev–Trinajstić information content (AvgIpc) is 2.53. The van der Waals surface area contributed by atoms with E-state index < -0.39 is 5.60 Å². The molecule has 0 aromatic heterocycles. The number of nitrogens with zero attached hydrogens (tertiary/aromatic N) is 2. The molecule has 1 rings (SSSR count). The van der Waals surface area contributed by atoms with Crippen LogP contribution in [0.25, 0.3) is 0 Å². The third kappa shape index (κ3) is 9.26. The highest BCUT2D eigenvalue weighted by Crippen LogP contribution is 2.25. The third-order valence-electron chi connectivity index (χ3n) is 4.60. The molecule has 1 fully saturated rings. The van der Waals surface area contributed by atoms with E-state index in [0.29, 0.717) is 6.10 Å². The lowest BCUT2D eigenvalue weighted by atomic mass is 9.92. The van der Waals surface area contributed by atoms with Gasteiger partial charge in [0.1, 0.15) is 5.60 Å². The summed E-state index contributed by atoms with van der Waals surface area (Å²) < 4.78 is 11.5. The Labute approximate surface area is 154 Å². The van der Waals surface area contributed by atoms with E-state index in [4.69, 9.17) is 9.47 Å². The predicted molar refractivity (Wildman–Crippen MR) is 103 cm³/mol. The Morgan fingerprint density at radius 1 is 1.16 bits per heavy atom. The molecule has 0 bridgehead atoms. The molecule has 0 atom stereocenters. The molecule has 0 aromatic rings. The van der Waals surface area contributed by atoms with Crippen LogP contribution in [0.5, 0.6) is 0 Å². The molecule has 5 nitrogen and oxygen atoms in total. The van der Waals surface area contributed by atoms with Gasteiger partial charge in [-0.15, -0.1) is 6.58 Å². The van der Waals surface area contributed by atoms with E-state index in [1.165, 1.54) is 0 Å². The number of hydrogen-bond donors (Lipinski definition) is 0. The summed E-state index contributed by atoms with van der Waals surface area (Å²) in [4.78, 5) is 16.2. The van der Waals surface area contributed by atoms with Crippen LogP contribution < -0.4 is 0 Å². The largest absolute Gasteiger partial charge is 0.444 e. The van der Waals surface area contributed by atoms with Crippen LogP contribution in [0.15, 0.2) is 12.7 Å². The van der Waals surface area contributed by atoms with E-state index in [9.17, 15) is 4.79 Å². The monoisotopic (exact) mass is 354 g/mol. The number of ether oxygens (including phenoxy) is 2. The molecule has 0 aromatic carbocycles. The lowest BCUT2D eigenvalue weighted by Gasteiger charge is -2.35. The van der Waals surface area contributed by atoms with Gasteiger partial charge in [0.05, 0.1) is 6.10 Å². The zero-order chi connectivity index (χ0) is 18.9. The van der Waals surface area contributed by atoms with Gasteiger partial charge in [0.15, 0.2) is 0 Å².